The zero-order valence-corrected chi connectivity index (χ0v) is 10.8. The number of ketones is 1. The van der Waals surface area contributed by atoms with Crippen molar-refractivity contribution in [1.29, 1.82) is 5.26 Å². The predicted octanol–water partition coefficient (Wildman–Crippen LogP) is 2.61. The summed E-state index contributed by atoms with van der Waals surface area (Å²) in [5.41, 5.74) is 2.87. The number of carbonyl (C=O) groups is 1. The van der Waals surface area contributed by atoms with Crippen LogP contribution in [-0.2, 0) is 6.42 Å². The van der Waals surface area contributed by atoms with Gasteiger partial charge in [-0.05, 0) is 37.1 Å². The monoisotopic (exact) mass is 264 g/mol. The Hall–Kier alpha value is -2.74. The highest BCUT2D eigenvalue weighted by atomic mass is 16.1. The molecule has 0 spiro atoms. The van der Waals surface area contributed by atoms with E-state index < -0.39 is 0 Å². The van der Waals surface area contributed by atoms with Crippen LogP contribution in [0, 0.1) is 11.3 Å². The number of benzene rings is 1. The molecule has 1 N–H and O–H groups in total. The Balaban J connectivity index is 1.84. The first-order chi connectivity index (χ1) is 9.76. The smallest absolute Gasteiger partial charge is 0.227 e. The summed E-state index contributed by atoms with van der Waals surface area (Å²) < 4.78 is 0. The van der Waals surface area contributed by atoms with Crippen molar-refractivity contribution >= 4 is 17.4 Å². The first kappa shape index (κ1) is 12.3. The summed E-state index contributed by atoms with van der Waals surface area (Å²) in [5, 5.41) is 11.8. The summed E-state index contributed by atoms with van der Waals surface area (Å²) >= 11 is 0. The van der Waals surface area contributed by atoms with E-state index in [2.05, 4.69) is 21.4 Å². The molecular weight excluding hydrogens is 252 g/mol. The minimum Gasteiger partial charge on any atom is -0.324 e. The molecule has 0 radical (unpaired) electrons. The van der Waals surface area contributed by atoms with Crippen LogP contribution in [0.3, 0.4) is 0 Å². The summed E-state index contributed by atoms with van der Waals surface area (Å²) in [6.45, 7) is 0. The van der Waals surface area contributed by atoms with Gasteiger partial charge in [0.15, 0.2) is 5.78 Å². The Bertz CT molecular complexity index is 701. The van der Waals surface area contributed by atoms with Gasteiger partial charge in [-0.15, -0.1) is 0 Å². The van der Waals surface area contributed by atoms with Gasteiger partial charge < -0.3 is 5.32 Å². The molecule has 0 fully saturated rings. The molecule has 0 amide bonds. The molecule has 0 saturated carbocycles. The highest BCUT2D eigenvalue weighted by molar-refractivity contribution is 5.97. The number of aromatic nitrogens is 2. The van der Waals surface area contributed by atoms with Crippen LogP contribution in [0.4, 0.5) is 11.6 Å². The summed E-state index contributed by atoms with van der Waals surface area (Å²) in [5.74, 6) is 0.597. The molecule has 0 saturated heterocycles. The van der Waals surface area contributed by atoms with Crippen LogP contribution in [-0.4, -0.2) is 15.8 Å². The van der Waals surface area contributed by atoms with E-state index in [0.717, 1.165) is 24.2 Å². The van der Waals surface area contributed by atoms with E-state index in [9.17, 15) is 4.79 Å². The summed E-state index contributed by atoms with van der Waals surface area (Å²) in [4.78, 5) is 20.3. The fraction of sp³-hybridized carbons (Fsp3) is 0.200. The molecule has 5 nitrogen and oxygen atoms in total. The highest BCUT2D eigenvalue weighted by Gasteiger charge is 2.19. The number of hydrogen-bond donors (Lipinski definition) is 1. The van der Waals surface area contributed by atoms with Gasteiger partial charge in [0.1, 0.15) is 0 Å². The van der Waals surface area contributed by atoms with E-state index in [1.807, 2.05) is 0 Å². The van der Waals surface area contributed by atoms with Crippen molar-refractivity contribution in [2.24, 2.45) is 0 Å². The first-order valence-corrected chi connectivity index (χ1v) is 6.42. The lowest BCUT2D eigenvalue weighted by Gasteiger charge is -2.14. The van der Waals surface area contributed by atoms with E-state index in [1.165, 1.54) is 0 Å². The van der Waals surface area contributed by atoms with Crippen LogP contribution in [0.5, 0.6) is 0 Å². The second-order valence-electron chi connectivity index (χ2n) is 4.64. The summed E-state index contributed by atoms with van der Waals surface area (Å²) in [7, 11) is 0. The number of Topliss-reactive ketones (excluding diaryl/α,β-unsaturated/α-hetero) is 1. The number of rotatable bonds is 2. The molecule has 5 heteroatoms. The van der Waals surface area contributed by atoms with Crippen molar-refractivity contribution in [2.75, 3.05) is 5.32 Å². The number of nitrogens with one attached hydrogen (secondary N) is 1. The lowest BCUT2D eigenvalue weighted by Crippen LogP contribution is -2.14. The molecule has 2 aromatic rings. The molecule has 3 rings (SSSR count). The maximum atomic E-state index is 11.7. The lowest BCUT2D eigenvalue weighted by molar-refractivity contribution is 0.0971. The Morgan fingerprint density at radius 2 is 2.00 bits per heavy atom. The second kappa shape index (κ2) is 5.10. The zero-order valence-electron chi connectivity index (χ0n) is 10.8. The van der Waals surface area contributed by atoms with Crippen molar-refractivity contribution in [3.63, 3.8) is 0 Å². The number of aryl methyl sites for hydroxylation is 1. The van der Waals surface area contributed by atoms with Gasteiger partial charge in [0.25, 0.3) is 0 Å². The zero-order chi connectivity index (χ0) is 13.9. The minimum absolute atomic E-state index is 0.121. The number of fused-ring (bicyclic) bond motifs is 1. The lowest BCUT2D eigenvalue weighted by atomic mass is 9.96. The van der Waals surface area contributed by atoms with E-state index >= 15 is 0 Å². The average molecular weight is 264 g/mol. The maximum absolute atomic E-state index is 11.7. The normalized spacial score (nSPS) is 13.4. The number of carbonyl (C=O) groups excluding carboxylic acids is 1. The van der Waals surface area contributed by atoms with Gasteiger partial charge in [0, 0.05) is 18.3 Å². The van der Waals surface area contributed by atoms with Crippen LogP contribution in [0.2, 0.25) is 0 Å². The largest absolute Gasteiger partial charge is 0.324 e. The minimum atomic E-state index is 0.121. The van der Waals surface area contributed by atoms with Crippen LogP contribution in [0.15, 0.2) is 30.5 Å². The van der Waals surface area contributed by atoms with Gasteiger partial charge in [-0.25, -0.2) is 9.97 Å². The Morgan fingerprint density at radius 1 is 1.20 bits per heavy atom. The van der Waals surface area contributed by atoms with Gasteiger partial charge in [0.05, 0.1) is 22.9 Å². The van der Waals surface area contributed by atoms with Crippen molar-refractivity contribution < 1.29 is 4.79 Å². The fourth-order valence-electron chi connectivity index (χ4n) is 2.21. The third-order valence-electron chi connectivity index (χ3n) is 3.26. The Kier molecular flexibility index (Phi) is 3.13. The molecule has 0 unspecified atom stereocenters. The van der Waals surface area contributed by atoms with Gasteiger partial charge in [-0.1, -0.05) is 0 Å². The molecule has 1 heterocycles. The average Bonchev–Trinajstić information content (AvgIpc) is 2.48. The number of anilines is 2. The maximum Gasteiger partial charge on any atom is 0.227 e. The second-order valence-corrected chi connectivity index (χ2v) is 4.64. The van der Waals surface area contributed by atoms with E-state index in [4.69, 9.17) is 5.26 Å². The van der Waals surface area contributed by atoms with E-state index in [0.29, 0.717) is 23.5 Å². The molecule has 0 bridgehead atoms. The number of hydrogen-bond acceptors (Lipinski definition) is 5. The molecule has 1 aliphatic rings. The predicted molar refractivity (Wildman–Crippen MR) is 73.7 cm³/mol. The molecule has 0 aliphatic heterocycles. The van der Waals surface area contributed by atoms with Crippen LogP contribution in [0.1, 0.15) is 34.5 Å². The Morgan fingerprint density at radius 3 is 2.75 bits per heavy atom. The van der Waals surface area contributed by atoms with Gasteiger partial charge in [-0.3, -0.25) is 4.79 Å². The van der Waals surface area contributed by atoms with Crippen molar-refractivity contribution in [3.8, 4) is 6.07 Å². The third kappa shape index (κ3) is 2.36. The number of nitrogens with zero attached hydrogens (tertiary/aromatic N) is 3. The third-order valence-corrected chi connectivity index (χ3v) is 3.26. The molecule has 20 heavy (non-hydrogen) atoms. The molecular formula is C15H12N4O. The first-order valence-electron chi connectivity index (χ1n) is 6.42. The summed E-state index contributed by atoms with van der Waals surface area (Å²) in [6.07, 6.45) is 3.83. The molecule has 98 valence electrons. The van der Waals surface area contributed by atoms with E-state index in [-0.39, 0.29) is 5.78 Å². The fourth-order valence-corrected chi connectivity index (χ4v) is 2.21. The van der Waals surface area contributed by atoms with Crippen LogP contribution >= 0.6 is 0 Å². The van der Waals surface area contributed by atoms with Crippen molar-refractivity contribution in [3.05, 3.63) is 47.3 Å². The quantitative estimate of drug-likeness (QED) is 0.902. The van der Waals surface area contributed by atoms with Crippen molar-refractivity contribution in [1.82, 2.24) is 9.97 Å². The standard InChI is InChI=1S/C15H12N4O/c16-8-10-4-6-11(7-5-10)18-15-17-9-12-13(19-15)2-1-3-14(12)20/h4-7,9H,1-3H2,(H,17,18,19). The number of nitriles is 1. The molecule has 1 aromatic heterocycles. The molecule has 1 aliphatic carbocycles. The Labute approximate surface area is 116 Å². The topological polar surface area (TPSA) is 78.7 Å². The highest BCUT2D eigenvalue weighted by Crippen LogP contribution is 2.21. The molecule has 0 atom stereocenters. The van der Waals surface area contributed by atoms with Gasteiger partial charge >= 0.3 is 0 Å². The SMILES string of the molecule is N#Cc1ccc(Nc2ncc3c(n2)CCCC3=O)cc1. The summed E-state index contributed by atoms with van der Waals surface area (Å²) in [6, 6.07) is 9.12. The van der Waals surface area contributed by atoms with Gasteiger partial charge in [-0.2, -0.15) is 5.26 Å². The van der Waals surface area contributed by atoms with Crippen LogP contribution < -0.4 is 5.32 Å². The molecule has 1 aromatic carbocycles. The van der Waals surface area contributed by atoms with Crippen LogP contribution in [0.25, 0.3) is 0 Å². The van der Waals surface area contributed by atoms with Gasteiger partial charge in [0.2, 0.25) is 5.95 Å². The van der Waals surface area contributed by atoms with E-state index in [1.54, 1.807) is 30.5 Å². The van der Waals surface area contributed by atoms with Crippen molar-refractivity contribution in [2.45, 2.75) is 19.3 Å².